The second kappa shape index (κ2) is 3.96. The number of hydrogen-bond acceptors (Lipinski definition) is 3. The number of benzene rings is 1. The minimum Gasteiger partial charge on any atom is -0.393 e. The van der Waals surface area contributed by atoms with Crippen LogP contribution in [0.5, 0.6) is 0 Å². The molecule has 2 aromatic rings. The van der Waals surface area contributed by atoms with E-state index in [-0.39, 0.29) is 6.10 Å². The Labute approximate surface area is 94.7 Å². The molecule has 1 heterocycles. The topological polar surface area (TPSA) is 33.1 Å². The van der Waals surface area contributed by atoms with E-state index in [1.54, 1.807) is 18.3 Å². The molecule has 0 spiro atoms. The average Bonchev–Trinajstić information content (AvgIpc) is 2.44. The van der Waals surface area contributed by atoms with Crippen molar-refractivity contribution in [2.24, 2.45) is 0 Å². The minimum atomic E-state index is -0.320. The lowest BCUT2D eigenvalue weighted by molar-refractivity contribution is 0.195. The van der Waals surface area contributed by atoms with E-state index in [0.29, 0.717) is 6.42 Å². The van der Waals surface area contributed by atoms with Gasteiger partial charge < -0.3 is 5.11 Å². The number of thiazole rings is 1. The van der Waals surface area contributed by atoms with Crippen molar-refractivity contribution in [2.45, 2.75) is 19.4 Å². The summed E-state index contributed by atoms with van der Waals surface area (Å²) < 4.78 is 2.21. The highest BCUT2D eigenvalue weighted by molar-refractivity contribution is 9.10. The Morgan fingerprint density at radius 3 is 3.07 bits per heavy atom. The Morgan fingerprint density at radius 1 is 1.57 bits per heavy atom. The van der Waals surface area contributed by atoms with Crippen LogP contribution in [-0.4, -0.2) is 16.2 Å². The molecular formula is C10H10BrNOS. The monoisotopic (exact) mass is 271 g/mol. The summed E-state index contributed by atoms with van der Waals surface area (Å²) in [6.07, 6.45) is 0.316. The summed E-state index contributed by atoms with van der Waals surface area (Å²) in [5.41, 5.74) is 1.00. The Balaban J connectivity index is 2.41. The Morgan fingerprint density at radius 2 is 2.36 bits per heavy atom. The second-order valence-electron chi connectivity index (χ2n) is 3.27. The molecule has 0 radical (unpaired) electrons. The fourth-order valence-electron chi connectivity index (χ4n) is 1.29. The predicted molar refractivity (Wildman–Crippen MR) is 62.7 cm³/mol. The normalized spacial score (nSPS) is 13.4. The molecule has 0 fully saturated rings. The van der Waals surface area contributed by atoms with Gasteiger partial charge >= 0.3 is 0 Å². The van der Waals surface area contributed by atoms with Crippen molar-refractivity contribution in [3.63, 3.8) is 0 Å². The minimum absolute atomic E-state index is 0.320. The van der Waals surface area contributed by atoms with Crippen LogP contribution in [0.2, 0.25) is 0 Å². The molecule has 1 N–H and O–H groups in total. The van der Waals surface area contributed by atoms with Gasteiger partial charge in [-0.15, -0.1) is 11.3 Å². The maximum Gasteiger partial charge on any atom is 0.0964 e. The first-order valence-electron chi connectivity index (χ1n) is 4.38. The number of aromatic nitrogens is 1. The Kier molecular flexibility index (Phi) is 2.85. The lowest BCUT2D eigenvalue weighted by Gasteiger charge is -1.97. The molecule has 1 aromatic carbocycles. The van der Waals surface area contributed by atoms with E-state index >= 15 is 0 Å². The predicted octanol–water partition coefficient (Wildman–Crippen LogP) is 2.98. The molecule has 0 saturated heterocycles. The summed E-state index contributed by atoms with van der Waals surface area (Å²) >= 11 is 5.05. The molecule has 2 rings (SSSR count). The van der Waals surface area contributed by atoms with Crippen LogP contribution in [0.4, 0.5) is 0 Å². The molecule has 1 atom stereocenters. The van der Waals surface area contributed by atoms with Crippen LogP contribution < -0.4 is 0 Å². The van der Waals surface area contributed by atoms with Gasteiger partial charge in [-0.2, -0.15) is 0 Å². The van der Waals surface area contributed by atoms with Gasteiger partial charge in [0.05, 0.1) is 21.3 Å². The Hall–Kier alpha value is -0.450. The molecular weight excluding hydrogens is 262 g/mol. The first-order valence-corrected chi connectivity index (χ1v) is 5.99. The van der Waals surface area contributed by atoms with E-state index in [1.165, 1.54) is 4.70 Å². The zero-order chi connectivity index (χ0) is 10.1. The highest BCUT2D eigenvalue weighted by Crippen LogP contribution is 2.25. The molecule has 0 aliphatic carbocycles. The lowest BCUT2D eigenvalue weighted by atomic mass is 10.3. The third kappa shape index (κ3) is 2.13. The average molecular weight is 272 g/mol. The Bertz CT molecular complexity index is 452. The molecule has 0 bridgehead atoms. The highest BCUT2D eigenvalue weighted by atomic mass is 79.9. The van der Waals surface area contributed by atoms with Crippen LogP contribution in [0.15, 0.2) is 22.7 Å². The van der Waals surface area contributed by atoms with Gasteiger partial charge in [-0.05, 0) is 25.1 Å². The van der Waals surface area contributed by atoms with Crippen molar-refractivity contribution in [3.05, 3.63) is 27.7 Å². The van der Waals surface area contributed by atoms with Crippen molar-refractivity contribution in [3.8, 4) is 0 Å². The van der Waals surface area contributed by atoms with E-state index in [0.717, 1.165) is 15.0 Å². The van der Waals surface area contributed by atoms with E-state index < -0.39 is 0 Å². The maximum absolute atomic E-state index is 9.24. The van der Waals surface area contributed by atoms with Crippen molar-refractivity contribution >= 4 is 37.5 Å². The summed E-state index contributed by atoms with van der Waals surface area (Å²) in [7, 11) is 0. The van der Waals surface area contributed by atoms with Gasteiger partial charge in [0.1, 0.15) is 0 Å². The maximum atomic E-state index is 9.24. The SMILES string of the molecule is CC(O)Cc1nc2cc(Br)ccc2s1. The van der Waals surface area contributed by atoms with Crippen LogP contribution in [0.25, 0.3) is 10.2 Å². The van der Waals surface area contributed by atoms with Crippen LogP contribution >= 0.6 is 27.3 Å². The van der Waals surface area contributed by atoms with Crippen molar-refractivity contribution in [1.82, 2.24) is 4.98 Å². The highest BCUT2D eigenvalue weighted by Gasteiger charge is 2.06. The number of aliphatic hydroxyl groups excluding tert-OH is 1. The molecule has 1 aromatic heterocycles. The summed E-state index contributed by atoms with van der Waals surface area (Å²) in [4.78, 5) is 4.44. The van der Waals surface area contributed by atoms with E-state index in [9.17, 15) is 5.11 Å². The summed E-state index contributed by atoms with van der Waals surface area (Å²) in [6.45, 7) is 1.78. The smallest absolute Gasteiger partial charge is 0.0964 e. The number of hydrogen-bond donors (Lipinski definition) is 1. The number of nitrogens with zero attached hydrogens (tertiary/aromatic N) is 1. The lowest BCUT2D eigenvalue weighted by Crippen LogP contribution is -2.03. The molecule has 4 heteroatoms. The molecule has 0 saturated carbocycles. The van der Waals surface area contributed by atoms with Gasteiger partial charge in [-0.3, -0.25) is 0 Å². The van der Waals surface area contributed by atoms with E-state index in [4.69, 9.17) is 0 Å². The molecule has 0 amide bonds. The van der Waals surface area contributed by atoms with Crippen molar-refractivity contribution in [2.75, 3.05) is 0 Å². The zero-order valence-corrected chi connectivity index (χ0v) is 10.1. The van der Waals surface area contributed by atoms with Crippen LogP contribution in [-0.2, 0) is 6.42 Å². The molecule has 2 nitrogen and oxygen atoms in total. The van der Waals surface area contributed by atoms with Gasteiger partial charge in [-0.25, -0.2) is 4.98 Å². The molecule has 0 aliphatic rings. The number of rotatable bonds is 2. The van der Waals surface area contributed by atoms with Gasteiger partial charge in [0, 0.05) is 10.9 Å². The van der Waals surface area contributed by atoms with Crippen LogP contribution in [0.1, 0.15) is 11.9 Å². The number of fused-ring (bicyclic) bond motifs is 1. The fraction of sp³-hybridized carbons (Fsp3) is 0.300. The van der Waals surface area contributed by atoms with Crippen LogP contribution in [0, 0.1) is 0 Å². The first-order chi connectivity index (χ1) is 6.65. The molecule has 0 aliphatic heterocycles. The van der Waals surface area contributed by atoms with Crippen molar-refractivity contribution in [1.29, 1.82) is 0 Å². The molecule has 14 heavy (non-hydrogen) atoms. The second-order valence-corrected chi connectivity index (χ2v) is 5.30. The summed E-state index contributed by atoms with van der Waals surface area (Å²) in [5, 5.41) is 10.2. The largest absolute Gasteiger partial charge is 0.393 e. The van der Waals surface area contributed by atoms with Gasteiger partial charge in [-0.1, -0.05) is 15.9 Å². The van der Waals surface area contributed by atoms with Gasteiger partial charge in [0.15, 0.2) is 0 Å². The molecule has 1 unspecified atom stereocenters. The summed E-state index contributed by atoms with van der Waals surface area (Å²) in [5.74, 6) is 0. The molecule has 74 valence electrons. The van der Waals surface area contributed by atoms with Gasteiger partial charge in [0.2, 0.25) is 0 Å². The third-order valence-electron chi connectivity index (χ3n) is 1.86. The third-order valence-corrected chi connectivity index (χ3v) is 3.42. The van der Waals surface area contributed by atoms with Gasteiger partial charge in [0.25, 0.3) is 0 Å². The first kappa shape index (κ1) is 10.1. The number of aliphatic hydroxyl groups is 1. The van der Waals surface area contributed by atoms with Crippen molar-refractivity contribution < 1.29 is 5.11 Å². The summed E-state index contributed by atoms with van der Waals surface area (Å²) in [6, 6.07) is 6.05. The zero-order valence-electron chi connectivity index (χ0n) is 7.70. The van der Waals surface area contributed by atoms with E-state index in [2.05, 4.69) is 20.9 Å². The van der Waals surface area contributed by atoms with E-state index in [1.807, 2.05) is 18.2 Å². The number of halogens is 1. The quantitative estimate of drug-likeness (QED) is 0.911. The fourth-order valence-corrected chi connectivity index (χ4v) is 2.70. The van der Waals surface area contributed by atoms with Crippen LogP contribution in [0.3, 0.4) is 0 Å². The standard InChI is InChI=1S/C10H10BrNOS/c1-6(13)4-10-12-8-5-7(11)2-3-9(8)14-10/h2-3,5-6,13H,4H2,1H3.